The van der Waals surface area contributed by atoms with Crippen molar-refractivity contribution < 1.29 is 18.6 Å². The minimum absolute atomic E-state index is 0.0255. The van der Waals surface area contributed by atoms with Gasteiger partial charge in [-0.15, -0.1) is 0 Å². The van der Waals surface area contributed by atoms with Gasteiger partial charge >= 0.3 is 0 Å². The van der Waals surface area contributed by atoms with E-state index >= 15 is 0 Å². The first-order chi connectivity index (χ1) is 13.1. The van der Waals surface area contributed by atoms with Crippen molar-refractivity contribution in [2.45, 2.75) is 51.9 Å². The van der Waals surface area contributed by atoms with E-state index in [9.17, 15) is 13.9 Å². The van der Waals surface area contributed by atoms with Crippen LogP contribution in [0.25, 0.3) is 0 Å². The number of halogens is 2. The molecule has 2 heterocycles. The second-order valence-electron chi connectivity index (χ2n) is 7.85. The van der Waals surface area contributed by atoms with Crippen LogP contribution in [0.5, 0.6) is 0 Å². The molecule has 1 unspecified atom stereocenters. The molecule has 2 aliphatic heterocycles. The standard InChI is InChI=1S/C21H27F2N3O2/c1-6-8-21(27,14-9-15(22)11-16(23)10-14)28-18-12-19-25(5)20(3,4)13-26(19)17(7-2)24-18/h7,9-12,27H,6,8,13H2,1-5H3. The molecule has 7 heteroatoms. The molecule has 1 aromatic rings. The lowest BCUT2D eigenvalue weighted by atomic mass is 10.0. The largest absolute Gasteiger partial charge is 0.441 e. The summed E-state index contributed by atoms with van der Waals surface area (Å²) in [6.45, 7) is 8.76. The Morgan fingerprint density at radius 2 is 1.93 bits per heavy atom. The van der Waals surface area contributed by atoms with Crippen LogP contribution in [0.1, 0.15) is 46.1 Å². The first-order valence-electron chi connectivity index (χ1n) is 9.45. The fourth-order valence-corrected chi connectivity index (χ4v) is 3.57. The van der Waals surface area contributed by atoms with E-state index < -0.39 is 17.4 Å². The minimum atomic E-state index is -1.89. The lowest BCUT2D eigenvalue weighted by Crippen LogP contribution is -2.36. The van der Waals surface area contributed by atoms with Crippen molar-refractivity contribution in [2.24, 2.45) is 4.99 Å². The highest BCUT2D eigenvalue weighted by Crippen LogP contribution is 2.37. The molecule has 0 radical (unpaired) electrons. The number of nitrogens with zero attached hydrogens (tertiary/aromatic N) is 3. The van der Waals surface area contributed by atoms with Crippen LogP contribution in [0.15, 0.2) is 47.0 Å². The summed E-state index contributed by atoms with van der Waals surface area (Å²) in [7, 11) is 1.99. The van der Waals surface area contributed by atoms with Crippen LogP contribution in [-0.2, 0) is 10.5 Å². The van der Waals surface area contributed by atoms with Gasteiger partial charge in [0.2, 0.25) is 11.7 Å². The summed E-state index contributed by atoms with van der Waals surface area (Å²) in [5.41, 5.74) is -0.0752. The molecule has 2 aliphatic rings. The van der Waals surface area contributed by atoms with Gasteiger partial charge in [0.25, 0.3) is 0 Å². The molecule has 0 spiro atoms. The molecular weight excluding hydrogens is 364 g/mol. The molecule has 0 amide bonds. The molecule has 0 aromatic heterocycles. The first kappa shape index (κ1) is 20.3. The van der Waals surface area contributed by atoms with Crippen molar-refractivity contribution in [3.63, 3.8) is 0 Å². The number of benzene rings is 1. The third kappa shape index (κ3) is 3.63. The molecule has 3 rings (SSSR count). The maximum atomic E-state index is 13.7. The Balaban J connectivity index is 1.99. The average Bonchev–Trinajstić information content (AvgIpc) is 2.83. The van der Waals surface area contributed by atoms with Crippen LogP contribution in [0, 0.1) is 11.6 Å². The van der Waals surface area contributed by atoms with E-state index in [0.717, 1.165) is 30.6 Å². The lowest BCUT2D eigenvalue weighted by Gasteiger charge is -2.33. The fraction of sp³-hybridized carbons (Fsp3) is 0.476. The minimum Gasteiger partial charge on any atom is -0.441 e. The Morgan fingerprint density at radius 3 is 2.50 bits per heavy atom. The monoisotopic (exact) mass is 391 g/mol. The molecule has 1 aromatic carbocycles. The highest BCUT2D eigenvalue weighted by atomic mass is 19.1. The summed E-state index contributed by atoms with van der Waals surface area (Å²) in [5.74, 6) is -1.63. The van der Waals surface area contributed by atoms with E-state index in [-0.39, 0.29) is 23.4 Å². The summed E-state index contributed by atoms with van der Waals surface area (Å²) in [6, 6.07) is 2.94. The second-order valence-corrected chi connectivity index (χ2v) is 7.85. The van der Waals surface area contributed by atoms with Gasteiger partial charge in [-0.2, -0.15) is 4.99 Å². The third-order valence-corrected chi connectivity index (χ3v) is 5.26. The fourth-order valence-electron chi connectivity index (χ4n) is 3.57. The summed E-state index contributed by atoms with van der Waals surface area (Å²) in [4.78, 5) is 8.71. The Morgan fingerprint density at radius 1 is 1.29 bits per heavy atom. The molecule has 5 nitrogen and oxygen atoms in total. The van der Waals surface area contributed by atoms with Crippen molar-refractivity contribution in [3.05, 3.63) is 59.2 Å². The average molecular weight is 391 g/mol. The molecule has 1 saturated heterocycles. The van der Waals surface area contributed by atoms with Gasteiger partial charge in [-0.25, -0.2) is 8.78 Å². The van der Waals surface area contributed by atoms with Crippen molar-refractivity contribution in [1.82, 2.24) is 9.80 Å². The van der Waals surface area contributed by atoms with E-state index in [2.05, 4.69) is 28.6 Å². The molecule has 152 valence electrons. The summed E-state index contributed by atoms with van der Waals surface area (Å²) in [6.07, 6.45) is 4.33. The van der Waals surface area contributed by atoms with Gasteiger partial charge in [-0.3, -0.25) is 0 Å². The van der Waals surface area contributed by atoms with Crippen molar-refractivity contribution >= 4 is 5.90 Å². The van der Waals surface area contributed by atoms with Crippen LogP contribution in [0.3, 0.4) is 0 Å². The predicted molar refractivity (Wildman–Crippen MR) is 104 cm³/mol. The summed E-state index contributed by atoms with van der Waals surface area (Å²) < 4.78 is 33.3. The Bertz CT molecular complexity index is 843. The lowest BCUT2D eigenvalue weighted by molar-refractivity contribution is -0.161. The molecule has 1 atom stereocenters. The van der Waals surface area contributed by atoms with Crippen molar-refractivity contribution in [1.29, 1.82) is 0 Å². The topological polar surface area (TPSA) is 48.3 Å². The zero-order valence-electron chi connectivity index (χ0n) is 17.0. The molecule has 28 heavy (non-hydrogen) atoms. The number of ether oxygens (including phenoxy) is 1. The van der Waals surface area contributed by atoms with Gasteiger partial charge in [0.05, 0.1) is 5.54 Å². The van der Waals surface area contributed by atoms with Gasteiger partial charge in [0, 0.05) is 37.7 Å². The number of hydrogen-bond donors (Lipinski definition) is 1. The number of aliphatic imine (C=N–C) groups is 1. The molecule has 1 N–H and O–H groups in total. The van der Waals surface area contributed by atoms with Crippen molar-refractivity contribution in [2.75, 3.05) is 13.6 Å². The maximum absolute atomic E-state index is 13.7. The highest BCUT2D eigenvalue weighted by molar-refractivity contribution is 5.90. The number of fused-ring (bicyclic) bond motifs is 1. The third-order valence-electron chi connectivity index (χ3n) is 5.26. The van der Waals surface area contributed by atoms with E-state index in [1.165, 1.54) is 0 Å². The normalized spacial score (nSPS) is 21.9. The van der Waals surface area contributed by atoms with Crippen LogP contribution < -0.4 is 0 Å². The quantitative estimate of drug-likeness (QED) is 0.786. The van der Waals surface area contributed by atoms with Crippen LogP contribution in [0.4, 0.5) is 8.78 Å². The molecule has 0 bridgehead atoms. The summed E-state index contributed by atoms with van der Waals surface area (Å²) >= 11 is 0. The number of hydrogen-bond acceptors (Lipinski definition) is 5. The zero-order chi connectivity index (χ0) is 20.7. The van der Waals surface area contributed by atoms with Gasteiger partial charge in [-0.05, 0) is 45.4 Å². The predicted octanol–water partition coefficient (Wildman–Crippen LogP) is 4.07. The number of rotatable bonds is 4. The van der Waals surface area contributed by atoms with E-state index in [0.29, 0.717) is 12.2 Å². The second kappa shape index (κ2) is 7.20. The van der Waals surface area contributed by atoms with Crippen LogP contribution in [0.2, 0.25) is 0 Å². The smallest absolute Gasteiger partial charge is 0.236 e. The first-order valence-corrected chi connectivity index (χ1v) is 9.45. The highest BCUT2D eigenvalue weighted by Gasteiger charge is 2.42. The van der Waals surface area contributed by atoms with Crippen LogP contribution in [-0.4, -0.2) is 39.9 Å². The number of likely N-dealkylation sites (N-methyl/N-ethyl adjacent to an activating group) is 1. The molecular formula is C21H27F2N3O2. The van der Waals surface area contributed by atoms with Crippen molar-refractivity contribution in [3.8, 4) is 0 Å². The van der Waals surface area contributed by atoms with E-state index in [4.69, 9.17) is 4.74 Å². The van der Waals surface area contributed by atoms with Gasteiger partial charge in [-0.1, -0.05) is 6.92 Å². The SMILES string of the molecule is CC=C1N=C(OC(O)(CCC)c2cc(F)cc(F)c2)C=C2N1CC(C)(C)N2C. The van der Waals surface area contributed by atoms with E-state index in [1.54, 1.807) is 6.08 Å². The van der Waals surface area contributed by atoms with Crippen LogP contribution >= 0.6 is 0 Å². The van der Waals surface area contributed by atoms with E-state index in [1.807, 2.05) is 27.0 Å². The zero-order valence-corrected chi connectivity index (χ0v) is 17.0. The van der Waals surface area contributed by atoms with Gasteiger partial charge < -0.3 is 19.6 Å². The summed E-state index contributed by atoms with van der Waals surface area (Å²) in [5, 5.41) is 11.1. The Kier molecular flexibility index (Phi) is 5.23. The maximum Gasteiger partial charge on any atom is 0.236 e. The number of aliphatic hydroxyl groups is 1. The Labute approximate surface area is 164 Å². The molecule has 0 aliphatic carbocycles. The van der Waals surface area contributed by atoms with Gasteiger partial charge in [0.1, 0.15) is 23.3 Å². The molecule has 0 saturated carbocycles. The molecule has 1 fully saturated rings. The Hall–Kier alpha value is -2.41. The number of allylic oxidation sites excluding steroid dienone is 1. The van der Waals surface area contributed by atoms with Gasteiger partial charge in [0.15, 0.2) is 0 Å².